The van der Waals surface area contributed by atoms with E-state index >= 15 is 0 Å². The SMILES string of the molecule is CCSc1ncc(C(=O)c2cccs2)c(N)n1. The highest BCUT2D eigenvalue weighted by Crippen LogP contribution is 2.20. The molecule has 0 spiro atoms. The Hall–Kier alpha value is -1.40. The molecule has 0 aromatic carbocycles. The van der Waals surface area contributed by atoms with Crippen molar-refractivity contribution < 1.29 is 4.79 Å². The molecule has 0 aliphatic carbocycles. The molecule has 0 aliphatic heterocycles. The number of carbonyl (C=O) groups excluding carboxylic acids is 1. The molecule has 0 atom stereocenters. The highest BCUT2D eigenvalue weighted by Gasteiger charge is 2.15. The second-order valence-corrected chi connectivity index (χ2v) is 5.37. The Morgan fingerprint density at radius 3 is 3.00 bits per heavy atom. The molecular weight excluding hydrogens is 254 g/mol. The minimum atomic E-state index is -0.120. The van der Waals surface area contributed by atoms with Crippen LogP contribution in [0, 0.1) is 0 Å². The second-order valence-electron chi connectivity index (χ2n) is 3.19. The Labute approximate surface area is 107 Å². The quantitative estimate of drug-likeness (QED) is 0.522. The lowest BCUT2D eigenvalue weighted by atomic mass is 10.2. The van der Waals surface area contributed by atoms with Crippen LogP contribution in [0.25, 0.3) is 0 Å². The van der Waals surface area contributed by atoms with Gasteiger partial charge in [-0.2, -0.15) is 0 Å². The lowest BCUT2D eigenvalue weighted by Gasteiger charge is -2.03. The van der Waals surface area contributed by atoms with E-state index in [2.05, 4.69) is 9.97 Å². The van der Waals surface area contributed by atoms with Gasteiger partial charge in [0, 0.05) is 6.20 Å². The Morgan fingerprint density at radius 1 is 1.59 bits per heavy atom. The normalized spacial score (nSPS) is 10.4. The number of nitrogens with zero attached hydrogens (tertiary/aromatic N) is 2. The molecule has 0 saturated heterocycles. The summed E-state index contributed by atoms with van der Waals surface area (Å²) in [6.45, 7) is 2.01. The van der Waals surface area contributed by atoms with Crippen molar-refractivity contribution >= 4 is 34.7 Å². The van der Waals surface area contributed by atoms with Gasteiger partial charge in [-0.3, -0.25) is 4.79 Å². The molecule has 0 bridgehead atoms. The molecule has 0 amide bonds. The van der Waals surface area contributed by atoms with Gasteiger partial charge in [-0.25, -0.2) is 9.97 Å². The monoisotopic (exact) mass is 265 g/mol. The Balaban J connectivity index is 2.31. The van der Waals surface area contributed by atoms with Crippen LogP contribution in [0.1, 0.15) is 22.2 Å². The highest BCUT2D eigenvalue weighted by molar-refractivity contribution is 7.99. The van der Waals surface area contributed by atoms with Crippen LogP contribution in [-0.4, -0.2) is 21.5 Å². The molecule has 0 radical (unpaired) electrons. The van der Waals surface area contributed by atoms with Crippen LogP contribution in [-0.2, 0) is 0 Å². The lowest BCUT2D eigenvalue weighted by molar-refractivity contribution is 0.104. The van der Waals surface area contributed by atoms with E-state index in [0.29, 0.717) is 15.6 Å². The van der Waals surface area contributed by atoms with E-state index in [4.69, 9.17) is 5.73 Å². The minimum Gasteiger partial charge on any atom is -0.383 e. The lowest BCUT2D eigenvalue weighted by Crippen LogP contribution is -2.07. The minimum absolute atomic E-state index is 0.120. The molecule has 2 aromatic rings. The molecule has 0 unspecified atom stereocenters. The van der Waals surface area contributed by atoms with Crippen molar-refractivity contribution in [3.05, 3.63) is 34.2 Å². The Kier molecular flexibility index (Phi) is 3.75. The number of ketones is 1. The van der Waals surface area contributed by atoms with Crippen molar-refractivity contribution in [1.82, 2.24) is 9.97 Å². The summed E-state index contributed by atoms with van der Waals surface area (Å²) in [5.74, 6) is 0.998. The van der Waals surface area contributed by atoms with Gasteiger partial charge in [0.15, 0.2) is 5.16 Å². The number of thioether (sulfide) groups is 1. The van der Waals surface area contributed by atoms with Crippen LogP contribution in [0.5, 0.6) is 0 Å². The van der Waals surface area contributed by atoms with Crippen LogP contribution in [0.15, 0.2) is 28.9 Å². The first-order valence-electron chi connectivity index (χ1n) is 5.06. The molecule has 17 heavy (non-hydrogen) atoms. The third-order valence-corrected chi connectivity index (χ3v) is 3.67. The molecule has 0 saturated carbocycles. The Bertz CT molecular complexity index is 526. The van der Waals surface area contributed by atoms with Crippen molar-refractivity contribution in [3.63, 3.8) is 0 Å². The zero-order chi connectivity index (χ0) is 12.3. The molecule has 2 aromatic heterocycles. The molecule has 2 rings (SSSR count). The summed E-state index contributed by atoms with van der Waals surface area (Å²) < 4.78 is 0. The number of aromatic nitrogens is 2. The van der Waals surface area contributed by atoms with Gasteiger partial charge in [0.2, 0.25) is 5.78 Å². The molecular formula is C11H11N3OS2. The summed E-state index contributed by atoms with van der Waals surface area (Å²) in [6, 6.07) is 3.59. The number of hydrogen-bond acceptors (Lipinski definition) is 6. The number of nitrogens with two attached hydrogens (primary N) is 1. The summed E-state index contributed by atoms with van der Waals surface area (Å²) in [5.41, 5.74) is 6.15. The average Bonchev–Trinajstić information content (AvgIpc) is 2.82. The molecule has 0 aliphatic rings. The van der Waals surface area contributed by atoms with Crippen molar-refractivity contribution in [2.45, 2.75) is 12.1 Å². The summed E-state index contributed by atoms with van der Waals surface area (Å²) in [5, 5.41) is 2.46. The van der Waals surface area contributed by atoms with E-state index in [9.17, 15) is 4.79 Å². The van der Waals surface area contributed by atoms with E-state index in [-0.39, 0.29) is 11.6 Å². The topological polar surface area (TPSA) is 68.9 Å². The fourth-order valence-corrected chi connectivity index (χ4v) is 2.52. The first kappa shape index (κ1) is 12.1. The van der Waals surface area contributed by atoms with Crippen molar-refractivity contribution in [2.75, 3.05) is 11.5 Å². The van der Waals surface area contributed by atoms with Crippen molar-refractivity contribution in [1.29, 1.82) is 0 Å². The maximum Gasteiger partial charge on any atom is 0.208 e. The summed E-state index contributed by atoms with van der Waals surface area (Å²) in [6.07, 6.45) is 1.50. The average molecular weight is 265 g/mol. The van der Waals surface area contributed by atoms with E-state index in [1.54, 1.807) is 6.07 Å². The standard InChI is InChI=1S/C11H11N3OS2/c1-2-16-11-13-6-7(10(12)14-11)9(15)8-4-3-5-17-8/h3-6H,2H2,1H3,(H2,12,13,14). The summed E-state index contributed by atoms with van der Waals surface area (Å²) in [7, 11) is 0. The third kappa shape index (κ3) is 2.65. The smallest absolute Gasteiger partial charge is 0.208 e. The van der Waals surface area contributed by atoms with E-state index < -0.39 is 0 Å². The van der Waals surface area contributed by atoms with Crippen LogP contribution >= 0.6 is 23.1 Å². The highest BCUT2D eigenvalue weighted by atomic mass is 32.2. The van der Waals surface area contributed by atoms with Gasteiger partial charge in [0.05, 0.1) is 10.4 Å². The summed E-state index contributed by atoms with van der Waals surface area (Å²) >= 11 is 2.88. The first-order chi connectivity index (χ1) is 8.22. The molecule has 4 nitrogen and oxygen atoms in total. The van der Waals surface area contributed by atoms with Crippen LogP contribution in [0.3, 0.4) is 0 Å². The molecule has 6 heteroatoms. The van der Waals surface area contributed by atoms with Gasteiger partial charge in [0.1, 0.15) is 5.82 Å². The van der Waals surface area contributed by atoms with E-state index in [0.717, 1.165) is 5.75 Å². The van der Waals surface area contributed by atoms with Gasteiger partial charge in [0.25, 0.3) is 0 Å². The molecule has 88 valence electrons. The number of rotatable bonds is 4. The Morgan fingerprint density at radius 2 is 2.41 bits per heavy atom. The number of thiophene rings is 1. The number of nitrogen functional groups attached to an aromatic ring is 1. The number of anilines is 1. The van der Waals surface area contributed by atoms with Crippen LogP contribution in [0.4, 0.5) is 5.82 Å². The zero-order valence-electron chi connectivity index (χ0n) is 9.21. The van der Waals surface area contributed by atoms with Crippen LogP contribution < -0.4 is 5.73 Å². The van der Waals surface area contributed by atoms with Crippen molar-refractivity contribution in [2.24, 2.45) is 0 Å². The maximum atomic E-state index is 12.0. The third-order valence-electron chi connectivity index (χ3n) is 2.06. The van der Waals surface area contributed by atoms with Gasteiger partial charge < -0.3 is 5.73 Å². The molecule has 0 fully saturated rings. The van der Waals surface area contributed by atoms with Gasteiger partial charge in [-0.05, 0) is 17.2 Å². The predicted octanol–water partition coefficient (Wildman–Crippen LogP) is 2.46. The molecule has 2 N–H and O–H groups in total. The molecule has 2 heterocycles. The fourth-order valence-electron chi connectivity index (χ4n) is 1.29. The van der Waals surface area contributed by atoms with E-state index in [1.165, 1.54) is 29.3 Å². The summed E-state index contributed by atoms with van der Waals surface area (Å²) in [4.78, 5) is 20.9. The van der Waals surface area contributed by atoms with Gasteiger partial charge >= 0.3 is 0 Å². The predicted molar refractivity (Wildman–Crippen MR) is 70.6 cm³/mol. The first-order valence-corrected chi connectivity index (χ1v) is 6.92. The van der Waals surface area contributed by atoms with Crippen LogP contribution in [0.2, 0.25) is 0 Å². The fraction of sp³-hybridized carbons (Fsp3) is 0.182. The van der Waals surface area contributed by atoms with Crippen molar-refractivity contribution in [3.8, 4) is 0 Å². The van der Waals surface area contributed by atoms with E-state index in [1.807, 2.05) is 18.4 Å². The maximum absolute atomic E-state index is 12.0. The number of carbonyl (C=O) groups is 1. The largest absolute Gasteiger partial charge is 0.383 e. The van der Waals surface area contributed by atoms with Gasteiger partial charge in [-0.1, -0.05) is 24.8 Å². The number of hydrogen-bond donors (Lipinski definition) is 1. The van der Waals surface area contributed by atoms with Gasteiger partial charge in [-0.15, -0.1) is 11.3 Å². The zero-order valence-corrected chi connectivity index (χ0v) is 10.8. The second kappa shape index (κ2) is 5.29.